The van der Waals surface area contributed by atoms with E-state index in [1.54, 1.807) is 45.6 Å². The van der Waals surface area contributed by atoms with Gasteiger partial charge in [-0.15, -0.1) is 0 Å². The number of unbranched alkanes of at least 4 members (excludes halogenated alkanes) is 5. The molecule has 6 aliphatic rings. The first-order chi connectivity index (χ1) is 29.5. The average Bonchev–Trinajstić information content (AvgIpc) is 3.64. The Morgan fingerprint density at radius 2 is 1.54 bits per heavy atom. The summed E-state index contributed by atoms with van der Waals surface area (Å²) in [4.78, 5) is 30.8. The highest BCUT2D eigenvalue weighted by Crippen LogP contribution is 2.80. The van der Waals surface area contributed by atoms with Gasteiger partial charge in [-0.1, -0.05) is 80.8 Å². The minimum Gasteiger partial charge on any atom is -0.455 e. The number of piperidine rings is 1. The summed E-state index contributed by atoms with van der Waals surface area (Å²) in [5, 5.41) is 38.1. The summed E-state index contributed by atoms with van der Waals surface area (Å²) in [5.41, 5.74) is -4.88. The maximum absolute atomic E-state index is 14.5. The molecule has 5 saturated carbocycles. The van der Waals surface area contributed by atoms with E-state index in [0.29, 0.717) is 24.9 Å². The molecule has 1 aliphatic heterocycles. The number of allylic oxidation sites excluding steroid dienone is 6. The number of rotatable bonds is 21. The van der Waals surface area contributed by atoms with Crippen LogP contribution in [0.2, 0.25) is 0 Å². The third-order valence-electron chi connectivity index (χ3n) is 15.9. The molecule has 12 heteroatoms. The Hall–Kier alpha value is -2.94. The Balaban J connectivity index is 1.18. The fraction of sp³-hybridized carbons (Fsp3) is 0.714. The molecule has 1 aromatic rings. The van der Waals surface area contributed by atoms with E-state index in [2.05, 4.69) is 48.3 Å². The van der Waals surface area contributed by atoms with E-state index in [1.165, 1.54) is 7.11 Å². The van der Waals surface area contributed by atoms with Crippen molar-refractivity contribution < 1.29 is 53.3 Å². The molecule has 338 valence electrons. The molecule has 12 nitrogen and oxygen atoms in total. The molecule has 6 fully saturated rings. The first-order valence-electron chi connectivity index (χ1n) is 22.8. The van der Waals surface area contributed by atoms with Crippen LogP contribution >= 0.6 is 0 Å². The summed E-state index contributed by atoms with van der Waals surface area (Å²) >= 11 is 0. The second-order valence-electron chi connectivity index (χ2n) is 18.8. The quantitative estimate of drug-likeness (QED) is 0.0776. The van der Waals surface area contributed by atoms with Gasteiger partial charge in [0.15, 0.2) is 5.60 Å². The summed E-state index contributed by atoms with van der Waals surface area (Å²) in [6.07, 6.45) is 16.3. The number of esters is 2. The van der Waals surface area contributed by atoms with Gasteiger partial charge in [0.2, 0.25) is 0 Å². The fourth-order valence-electron chi connectivity index (χ4n) is 14.1. The molecule has 1 spiro atoms. The molecular formula is C49H71NO11. The Labute approximate surface area is 362 Å². The lowest BCUT2D eigenvalue weighted by Gasteiger charge is -2.70. The summed E-state index contributed by atoms with van der Waals surface area (Å²) < 4.78 is 38.4. The molecule has 7 bridgehead atoms. The predicted molar refractivity (Wildman–Crippen MR) is 229 cm³/mol. The van der Waals surface area contributed by atoms with Gasteiger partial charge >= 0.3 is 11.9 Å². The molecule has 0 amide bonds. The molecule has 0 aromatic heterocycles. The molecular weight excluding hydrogens is 779 g/mol. The van der Waals surface area contributed by atoms with Gasteiger partial charge in [-0.3, -0.25) is 4.79 Å². The zero-order valence-electron chi connectivity index (χ0n) is 37.2. The molecule has 1 heterocycles. The fourth-order valence-corrected chi connectivity index (χ4v) is 14.1. The molecule has 15 atom stereocenters. The maximum atomic E-state index is 14.5. The Morgan fingerprint density at radius 3 is 2.21 bits per heavy atom. The Morgan fingerprint density at radius 1 is 0.852 bits per heavy atom. The minimum absolute atomic E-state index is 0.0742. The smallest absolute Gasteiger partial charge is 0.338 e. The third-order valence-corrected chi connectivity index (χ3v) is 15.9. The highest BCUT2D eigenvalue weighted by atomic mass is 16.6. The number of hydrogen-bond donors (Lipinski definition) is 3. The third kappa shape index (κ3) is 7.38. The first-order valence-corrected chi connectivity index (χ1v) is 22.8. The van der Waals surface area contributed by atoms with E-state index in [0.717, 1.165) is 51.4 Å². The highest BCUT2D eigenvalue weighted by Gasteiger charge is 2.92. The van der Waals surface area contributed by atoms with Crippen LogP contribution in [0.25, 0.3) is 0 Å². The second-order valence-corrected chi connectivity index (χ2v) is 18.8. The van der Waals surface area contributed by atoms with Crippen molar-refractivity contribution >= 4 is 11.9 Å². The van der Waals surface area contributed by atoms with Crippen molar-refractivity contribution in [2.45, 2.75) is 138 Å². The van der Waals surface area contributed by atoms with Gasteiger partial charge < -0.3 is 48.6 Å². The van der Waals surface area contributed by atoms with Crippen LogP contribution in [-0.2, 0) is 33.2 Å². The molecule has 61 heavy (non-hydrogen) atoms. The summed E-state index contributed by atoms with van der Waals surface area (Å²) in [7, 11) is 8.36. The van der Waals surface area contributed by atoms with Crippen molar-refractivity contribution in [2.24, 2.45) is 34.5 Å². The first kappa shape index (κ1) is 46.1. The van der Waals surface area contributed by atoms with E-state index < -0.39 is 94.3 Å². The van der Waals surface area contributed by atoms with E-state index in [1.807, 2.05) is 13.1 Å². The van der Waals surface area contributed by atoms with Crippen LogP contribution in [0.1, 0.15) is 94.3 Å². The van der Waals surface area contributed by atoms with Crippen molar-refractivity contribution in [3.63, 3.8) is 0 Å². The summed E-state index contributed by atoms with van der Waals surface area (Å²) in [6, 6.07) is 8.25. The lowest BCUT2D eigenvalue weighted by atomic mass is 9.42. The highest BCUT2D eigenvalue weighted by molar-refractivity contribution is 5.89. The number of aliphatic hydroxyl groups excluding tert-OH is 2. The number of carbonyl (C=O) groups is 2. The van der Waals surface area contributed by atoms with Gasteiger partial charge in [-0.2, -0.15) is 0 Å². The van der Waals surface area contributed by atoms with Crippen LogP contribution < -0.4 is 0 Å². The number of hydrogen-bond acceptors (Lipinski definition) is 12. The SMILES string of the molecule is CCC=CCC=CCC=CCCCCCCCC(=O)OC12C(O)C(OC)C3(O)CC(C1C3OC(=O)c1ccccc1)C13C(OC)CC(O)C4(COC)CN(C)C1C2C(OC)C43. The van der Waals surface area contributed by atoms with Crippen molar-refractivity contribution in [1.82, 2.24) is 4.90 Å². The predicted octanol–water partition coefficient (Wildman–Crippen LogP) is 5.83. The van der Waals surface area contributed by atoms with E-state index in [4.69, 9.17) is 28.4 Å². The normalized spacial score (nSPS) is 41.0. The summed E-state index contributed by atoms with van der Waals surface area (Å²) in [6.45, 7) is 2.84. The van der Waals surface area contributed by atoms with Crippen molar-refractivity contribution in [3.8, 4) is 0 Å². The van der Waals surface area contributed by atoms with Crippen LogP contribution in [0.15, 0.2) is 66.8 Å². The van der Waals surface area contributed by atoms with Crippen LogP contribution in [0.4, 0.5) is 0 Å². The number of ether oxygens (including phenoxy) is 6. The van der Waals surface area contributed by atoms with Gasteiger partial charge in [0.05, 0.1) is 30.5 Å². The number of carbonyl (C=O) groups excluding carboxylic acids is 2. The number of fused-ring (bicyclic) bond motifs is 2. The van der Waals surface area contributed by atoms with Gasteiger partial charge in [0, 0.05) is 82.5 Å². The maximum Gasteiger partial charge on any atom is 0.338 e. The zero-order valence-corrected chi connectivity index (χ0v) is 37.2. The molecule has 7 rings (SSSR count). The topological polar surface area (TPSA) is 153 Å². The van der Waals surface area contributed by atoms with Crippen molar-refractivity contribution in [2.75, 3.05) is 48.6 Å². The van der Waals surface area contributed by atoms with E-state index >= 15 is 0 Å². The molecule has 1 aromatic carbocycles. The molecule has 5 aliphatic carbocycles. The second kappa shape index (κ2) is 19.0. The summed E-state index contributed by atoms with van der Waals surface area (Å²) in [5.74, 6) is -3.56. The molecule has 1 saturated heterocycles. The van der Waals surface area contributed by atoms with E-state index in [9.17, 15) is 24.9 Å². The van der Waals surface area contributed by atoms with Crippen LogP contribution in [0.3, 0.4) is 0 Å². The van der Waals surface area contributed by atoms with Crippen molar-refractivity contribution in [3.05, 3.63) is 72.4 Å². The largest absolute Gasteiger partial charge is 0.455 e. The number of methoxy groups -OCH3 is 4. The Kier molecular flexibility index (Phi) is 14.4. The van der Waals surface area contributed by atoms with Gasteiger partial charge in [0.25, 0.3) is 0 Å². The van der Waals surface area contributed by atoms with Crippen LogP contribution in [-0.4, -0.2) is 135 Å². The van der Waals surface area contributed by atoms with Gasteiger partial charge in [-0.05, 0) is 70.0 Å². The minimum atomic E-state index is -1.85. The monoisotopic (exact) mass is 850 g/mol. The number of likely N-dealkylation sites (tertiary alicyclic amines) is 1. The zero-order chi connectivity index (χ0) is 43.6. The van der Waals surface area contributed by atoms with Crippen molar-refractivity contribution in [1.29, 1.82) is 0 Å². The molecule has 0 radical (unpaired) electrons. The average molecular weight is 850 g/mol. The Bertz CT molecular complexity index is 1750. The standard InChI is InChI=1S/C49H71NO11/c1-7-8-9-10-11-12-13-14-15-16-17-18-19-20-24-27-36(52)61-49-37-33(29-47(55,44(59-6)42(49)53)43(37)60-45(54)32-25-22-21-23-26-32)48-35(57-4)28-34(51)46(31-56-3)30-50(2)41(48)38(49)39(58-5)40(46)48/h8-9,11-12,14-15,21-23,25-26,33-35,37-44,51,53,55H,7,10,13,16-20,24,27-31H2,1-6H3. The number of aliphatic hydroxyl groups is 3. The van der Waals surface area contributed by atoms with Gasteiger partial charge in [0.1, 0.15) is 23.9 Å². The van der Waals surface area contributed by atoms with Crippen LogP contribution in [0, 0.1) is 34.5 Å². The van der Waals surface area contributed by atoms with Gasteiger partial charge in [-0.25, -0.2) is 4.79 Å². The lowest BCUT2D eigenvalue weighted by Crippen LogP contribution is -2.81. The van der Waals surface area contributed by atoms with E-state index in [-0.39, 0.29) is 25.5 Å². The molecule has 3 N–H and O–H groups in total. The lowest BCUT2D eigenvalue weighted by molar-refractivity contribution is -0.321. The molecule has 15 unspecified atom stereocenters. The number of nitrogens with zero attached hydrogens (tertiary/aromatic N) is 1. The number of benzene rings is 1. The van der Waals surface area contributed by atoms with Crippen LogP contribution in [0.5, 0.6) is 0 Å².